The molecule has 0 spiro atoms. The van der Waals surface area contributed by atoms with Gasteiger partial charge in [0.05, 0.1) is 5.02 Å². The van der Waals surface area contributed by atoms with Crippen molar-refractivity contribution in [3.05, 3.63) is 64.4 Å². The first kappa shape index (κ1) is 16.8. The van der Waals surface area contributed by atoms with E-state index in [1.807, 2.05) is 18.2 Å². The molecule has 2 aromatic carbocycles. The number of ether oxygens (including phenoxy) is 1. The molecule has 2 aromatic rings. The van der Waals surface area contributed by atoms with Crippen molar-refractivity contribution < 1.29 is 9.13 Å². The fraction of sp³-hybridized carbons (Fsp3) is 0.333. The normalized spacial score (nSPS) is 12.2. The minimum atomic E-state index is -0.341. The zero-order valence-corrected chi connectivity index (χ0v) is 13.7. The van der Waals surface area contributed by atoms with Gasteiger partial charge >= 0.3 is 0 Å². The Bertz CT molecular complexity index is 618. The molecule has 1 atom stereocenters. The lowest BCUT2D eigenvalue weighted by atomic mass is 10.2. The van der Waals surface area contributed by atoms with Crippen LogP contribution >= 0.6 is 11.6 Å². The highest BCUT2D eigenvalue weighted by Crippen LogP contribution is 2.20. The molecule has 0 saturated carbocycles. The Morgan fingerprint density at radius 3 is 2.77 bits per heavy atom. The predicted octanol–water partition coefficient (Wildman–Crippen LogP) is 4.95. The van der Waals surface area contributed by atoms with Gasteiger partial charge in [0.2, 0.25) is 0 Å². The van der Waals surface area contributed by atoms with E-state index in [2.05, 4.69) is 25.2 Å². The van der Waals surface area contributed by atoms with E-state index in [9.17, 15) is 4.39 Å². The van der Waals surface area contributed by atoms with Gasteiger partial charge in [0.1, 0.15) is 18.2 Å². The van der Waals surface area contributed by atoms with Crippen LogP contribution < -0.4 is 10.1 Å². The van der Waals surface area contributed by atoms with Crippen LogP contribution in [0.1, 0.15) is 31.4 Å². The number of hydrogen-bond acceptors (Lipinski definition) is 2. The first-order valence-corrected chi connectivity index (χ1v) is 7.85. The molecule has 1 N–H and O–H groups in total. The molecule has 0 aliphatic heterocycles. The van der Waals surface area contributed by atoms with Gasteiger partial charge < -0.3 is 10.1 Å². The Labute approximate surface area is 136 Å². The highest BCUT2D eigenvalue weighted by Gasteiger charge is 2.04. The highest BCUT2D eigenvalue weighted by atomic mass is 35.5. The second kappa shape index (κ2) is 8.16. The zero-order valence-electron chi connectivity index (χ0n) is 12.9. The van der Waals surface area contributed by atoms with Crippen molar-refractivity contribution in [1.82, 2.24) is 5.32 Å². The molecule has 22 heavy (non-hydrogen) atoms. The molecule has 0 saturated heterocycles. The second-order valence-electron chi connectivity index (χ2n) is 5.36. The standard InChI is InChI=1S/C18H21ClFNO/c1-3-13(2)21-11-14-5-4-6-17(9-14)22-12-15-7-8-16(20)10-18(15)19/h4-10,13,21H,3,11-12H2,1-2H3/t13-/m0/s1. The van der Waals surface area contributed by atoms with E-state index in [1.165, 1.54) is 17.7 Å². The fourth-order valence-electron chi connectivity index (χ4n) is 1.98. The average molecular weight is 322 g/mol. The Morgan fingerprint density at radius 2 is 2.05 bits per heavy atom. The monoisotopic (exact) mass is 321 g/mol. The van der Waals surface area contributed by atoms with Gasteiger partial charge in [-0.2, -0.15) is 0 Å². The van der Waals surface area contributed by atoms with Crippen LogP contribution in [0.2, 0.25) is 5.02 Å². The van der Waals surface area contributed by atoms with Gasteiger partial charge in [-0.3, -0.25) is 0 Å². The number of rotatable bonds is 7. The zero-order chi connectivity index (χ0) is 15.9. The number of nitrogens with one attached hydrogen (secondary N) is 1. The summed E-state index contributed by atoms with van der Waals surface area (Å²) < 4.78 is 18.8. The predicted molar refractivity (Wildman–Crippen MR) is 88.8 cm³/mol. The molecule has 0 fully saturated rings. The van der Waals surface area contributed by atoms with E-state index in [0.717, 1.165) is 24.3 Å². The topological polar surface area (TPSA) is 21.3 Å². The number of hydrogen-bond donors (Lipinski definition) is 1. The Kier molecular flexibility index (Phi) is 6.22. The summed E-state index contributed by atoms with van der Waals surface area (Å²) in [6.07, 6.45) is 1.10. The van der Waals surface area contributed by atoms with E-state index >= 15 is 0 Å². The largest absolute Gasteiger partial charge is 0.489 e. The van der Waals surface area contributed by atoms with Crippen LogP contribution in [0.15, 0.2) is 42.5 Å². The third-order valence-electron chi connectivity index (χ3n) is 3.57. The van der Waals surface area contributed by atoms with Crippen molar-refractivity contribution in [1.29, 1.82) is 0 Å². The molecule has 0 aromatic heterocycles. The van der Waals surface area contributed by atoms with Crippen molar-refractivity contribution >= 4 is 11.6 Å². The maximum absolute atomic E-state index is 13.0. The molecule has 4 heteroatoms. The molecule has 118 valence electrons. The third kappa shape index (κ3) is 5.00. The van der Waals surface area contributed by atoms with Crippen molar-refractivity contribution in [2.45, 2.75) is 39.5 Å². The highest BCUT2D eigenvalue weighted by molar-refractivity contribution is 6.31. The van der Waals surface area contributed by atoms with Crippen LogP contribution in [-0.2, 0) is 13.2 Å². The van der Waals surface area contributed by atoms with Crippen LogP contribution in [0.5, 0.6) is 5.75 Å². The van der Waals surface area contributed by atoms with E-state index in [4.69, 9.17) is 16.3 Å². The summed E-state index contributed by atoms with van der Waals surface area (Å²) in [7, 11) is 0. The van der Waals surface area contributed by atoms with E-state index < -0.39 is 0 Å². The SMILES string of the molecule is CC[C@H](C)NCc1cccc(OCc2ccc(F)cc2Cl)c1. The molecule has 0 aliphatic carbocycles. The fourth-order valence-corrected chi connectivity index (χ4v) is 2.20. The maximum atomic E-state index is 13.0. The second-order valence-corrected chi connectivity index (χ2v) is 5.77. The first-order valence-electron chi connectivity index (χ1n) is 7.47. The molecule has 0 bridgehead atoms. The summed E-state index contributed by atoms with van der Waals surface area (Å²) in [5.74, 6) is 0.440. The lowest BCUT2D eigenvalue weighted by Crippen LogP contribution is -2.24. The summed E-state index contributed by atoms with van der Waals surface area (Å²) >= 11 is 6.00. The van der Waals surface area contributed by atoms with Crippen molar-refractivity contribution in [2.75, 3.05) is 0 Å². The van der Waals surface area contributed by atoms with Crippen molar-refractivity contribution in [2.24, 2.45) is 0 Å². The lowest BCUT2D eigenvalue weighted by Gasteiger charge is -2.12. The Hall–Kier alpha value is -1.58. The Balaban J connectivity index is 1.95. The maximum Gasteiger partial charge on any atom is 0.124 e. The van der Waals surface area contributed by atoms with Crippen LogP contribution in [0.3, 0.4) is 0 Å². The number of benzene rings is 2. The summed E-state index contributed by atoms with van der Waals surface area (Å²) in [6, 6.07) is 12.8. The smallest absolute Gasteiger partial charge is 0.124 e. The lowest BCUT2D eigenvalue weighted by molar-refractivity contribution is 0.305. The first-order chi connectivity index (χ1) is 10.6. The molecular weight excluding hydrogens is 301 g/mol. The van der Waals surface area contributed by atoms with Crippen LogP contribution in [0.4, 0.5) is 4.39 Å². The van der Waals surface area contributed by atoms with Crippen molar-refractivity contribution in [3.8, 4) is 5.75 Å². The summed E-state index contributed by atoms with van der Waals surface area (Å²) in [6.45, 7) is 5.45. The molecule has 0 amide bonds. The van der Waals surface area contributed by atoms with Gasteiger partial charge in [0.15, 0.2) is 0 Å². The molecular formula is C18H21ClFNO. The van der Waals surface area contributed by atoms with Gasteiger partial charge in [-0.1, -0.05) is 36.7 Å². The van der Waals surface area contributed by atoms with Crippen LogP contribution in [0, 0.1) is 5.82 Å². The van der Waals surface area contributed by atoms with Gasteiger partial charge in [0.25, 0.3) is 0 Å². The van der Waals surface area contributed by atoms with Crippen LogP contribution in [-0.4, -0.2) is 6.04 Å². The third-order valence-corrected chi connectivity index (χ3v) is 3.93. The van der Waals surface area contributed by atoms with Crippen LogP contribution in [0.25, 0.3) is 0 Å². The molecule has 0 aliphatic rings. The van der Waals surface area contributed by atoms with Gasteiger partial charge in [-0.05, 0) is 43.2 Å². The molecule has 0 unspecified atom stereocenters. The van der Waals surface area contributed by atoms with Gasteiger partial charge in [0, 0.05) is 18.2 Å². The van der Waals surface area contributed by atoms with E-state index in [0.29, 0.717) is 17.7 Å². The molecule has 0 radical (unpaired) electrons. The molecule has 2 rings (SSSR count). The minimum absolute atomic E-state index is 0.321. The summed E-state index contributed by atoms with van der Waals surface area (Å²) in [4.78, 5) is 0. The van der Waals surface area contributed by atoms with Crippen molar-refractivity contribution in [3.63, 3.8) is 0 Å². The quantitative estimate of drug-likeness (QED) is 0.779. The summed E-state index contributed by atoms with van der Waals surface area (Å²) in [5, 5.41) is 3.83. The van der Waals surface area contributed by atoms with Gasteiger partial charge in [-0.15, -0.1) is 0 Å². The van der Waals surface area contributed by atoms with Gasteiger partial charge in [-0.25, -0.2) is 4.39 Å². The summed E-state index contributed by atoms with van der Waals surface area (Å²) in [5.41, 5.74) is 1.94. The van der Waals surface area contributed by atoms with E-state index in [1.54, 1.807) is 6.07 Å². The Morgan fingerprint density at radius 1 is 1.23 bits per heavy atom. The number of halogens is 2. The minimum Gasteiger partial charge on any atom is -0.489 e. The molecule has 2 nitrogen and oxygen atoms in total. The van der Waals surface area contributed by atoms with E-state index in [-0.39, 0.29) is 5.82 Å². The molecule has 0 heterocycles. The average Bonchev–Trinajstić information content (AvgIpc) is 2.52.